The number of fused-ring (bicyclic) bond motifs is 6. The van der Waals surface area contributed by atoms with Crippen molar-refractivity contribution in [3.05, 3.63) is 161 Å². The minimum atomic E-state index is -0.184. The van der Waals surface area contributed by atoms with Crippen molar-refractivity contribution >= 4 is 17.1 Å². The highest BCUT2D eigenvalue weighted by atomic mass is 15.1. The number of rotatable bonds is 6. The Bertz CT molecular complexity index is 2360. The Balaban J connectivity index is 1.08. The highest BCUT2D eigenvalue weighted by molar-refractivity contribution is 5.97. The SMILES string of the molecule is CC1(C)c2ccccc2-c2c(-c3cccc4c3C(C)(C)c3cc(N(c5ccc(C6CCCCC6)cc5)c5ccc(C6CCCC6)cc5)ccc3-4)cccc21. The molecule has 0 atom stereocenters. The molecule has 2 fully saturated rings. The summed E-state index contributed by atoms with van der Waals surface area (Å²) in [6.45, 7) is 9.67. The zero-order valence-electron chi connectivity index (χ0n) is 32.6. The van der Waals surface area contributed by atoms with E-state index in [1.54, 1.807) is 0 Å². The third kappa shape index (κ3) is 5.25. The van der Waals surface area contributed by atoms with Gasteiger partial charge in [-0.25, -0.2) is 0 Å². The summed E-state index contributed by atoms with van der Waals surface area (Å²) in [6.07, 6.45) is 12.1. The smallest absolute Gasteiger partial charge is 0.0465 e. The first-order chi connectivity index (χ1) is 26.3. The number of anilines is 3. The van der Waals surface area contributed by atoms with Gasteiger partial charge in [-0.1, -0.05) is 151 Å². The van der Waals surface area contributed by atoms with E-state index in [0.717, 1.165) is 0 Å². The van der Waals surface area contributed by atoms with Gasteiger partial charge in [-0.3, -0.25) is 0 Å². The van der Waals surface area contributed by atoms with Crippen molar-refractivity contribution in [2.75, 3.05) is 4.90 Å². The van der Waals surface area contributed by atoms with Gasteiger partial charge in [-0.15, -0.1) is 0 Å². The minimum Gasteiger partial charge on any atom is -0.310 e. The minimum absolute atomic E-state index is 0.0271. The molecule has 0 heterocycles. The first-order valence-electron chi connectivity index (χ1n) is 20.8. The normalized spacial score (nSPS) is 18.2. The van der Waals surface area contributed by atoms with Gasteiger partial charge in [0.05, 0.1) is 0 Å². The van der Waals surface area contributed by atoms with E-state index in [1.807, 2.05) is 0 Å². The molecule has 4 aliphatic rings. The van der Waals surface area contributed by atoms with E-state index in [9.17, 15) is 0 Å². The predicted octanol–water partition coefficient (Wildman–Crippen LogP) is 15.1. The molecule has 0 bridgehead atoms. The first-order valence-corrected chi connectivity index (χ1v) is 20.8. The van der Waals surface area contributed by atoms with Crippen LogP contribution in [0.3, 0.4) is 0 Å². The summed E-state index contributed by atoms with van der Waals surface area (Å²) in [5, 5.41) is 0. The maximum absolute atomic E-state index is 2.51. The molecule has 0 amide bonds. The van der Waals surface area contributed by atoms with Gasteiger partial charge >= 0.3 is 0 Å². The maximum Gasteiger partial charge on any atom is 0.0465 e. The molecule has 0 spiro atoms. The van der Waals surface area contributed by atoms with Gasteiger partial charge in [0.15, 0.2) is 0 Å². The van der Waals surface area contributed by atoms with Crippen LogP contribution in [0.4, 0.5) is 17.1 Å². The summed E-state index contributed by atoms with van der Waals surface area (Å²) >= 11 is 0. The van der Waals surface area contributed by atoms with Gasteiger partial charge in [0.2, 0.25) is 0 Å². The third-order valence-electron chi connectivity index (χ3n) is 14.0. The summed E-state index contributed by atoms with van der Waals surface area (Å²) < 4.78 is 0. The second-order valence-corrected chi connectivity index (χ2v) is 17.8. The van der Waals surface area contributed by atoms with Crippen LogP contribution in [-0.2, 0) is 10.8 Å². The van der Waals surface area contributed by atoms with Crippen LogP contribution < -0.4 is 4.90 Å². The summed E-state index contributed by atoms with van der Waals surface area (Å²) in [5.74, 6) is 1.41. The highest BCUT2D eigenvalue weighted by Crippen LogP contribution is 2.57. The highest BCUT2D eigenvalue weighted by Gasteiger charge is 2.41. The van der Waals surface area contributed by atoms with Crippen molar-refractivity contribution in [1.29, 1.82) is 0 Å². The molecule has 0 aliphatic heterocycles. The van der Waals surface area contributed by atoms with E-state index in [1.165, 1.54) is 142 Å². The van der Waals surface area contributed by atoms with E-state index in [0.29, 0.717) is 11.8 Å². The molecule has 0 radical (unpaired) electrons. The summed E-state index contributed by atoms with van der Waals surface area (Å²) in [4.78, 5) is 2.51. The topological polar surface area (TPSA) is 3.24 Å². The molecule has 2 saturated carbocycles. The average molecular weight is 704 g/mol. The Hall–Kier alpha value is -4.88. The zero-order chi connectivity index (χ0) is 36.6. The Labute approximate surface area is 323 Å². The molecule has 0 aromatic heterocycles. The summed E-state index contributed by atoms with van der Waals surface area (Å²) in [6, 6.07) is 49.5. The van der Waals surface area contributed by atoms with Crippen LogP contribution in [-0.4, -0.2) is 0 Å². The molecular weight excluding hydrogens is 651 g/mol. The van der Waals surface area contributed by atoms with Crippen LogP contribution in [0.1, 0.15) is 131 Å². The third-order valence-corrected chi connectivity index (χ3v) is 14.0. The largest absolute Gasteiger partial charge is 0.310 e. The molecule has 6 aromatic rings. The van der Waals surface area contributed by atoms with Crippen LogP contribution in [0, 0.1) is 0 Å². The van der Waals surface area contributed by atoms with Crippen LogP contribution >= 0.6 is 0 Å². The van der Waals surface area contributed by atoms with Gasteiger partial charge in [-0.05, 0) is 141 Å². The fraction of sp³-hybridized carbons (Fsp3) is 0.321. The molecule has 0 saturated heterocycles. The number of nitrogens with zero attached hydrogens (tertiary/aromatic N) is 1. The Morgan fingerprint density at radius 2 is 0.907 bits per heavy atom. The van der Waals surface area contributed by atoms with E-state index in [2.05, 4.69) is 160 Å². The van der Waals surface area contributed by atoms with Gasteiger partial charge in [0, 0.05) is 27.9 Å². The van der Waals surface area contributed by atoms with E-state index < -0.39 is 0 Å². The number of benzene rings is 6. The van der Waals surface area contributed by atoms with Crippen molar-refractivity contribution in [2.45, 2.75) is 108 Å². The lowest BCUT2D eigenvalue weighted by atomic mass is 9.77. The van der Waals surface area contributed by atoms with Crippen LogP contribution in [0.15, 0.2) is 127 Å². The molecule has 0 unspecified atom stereocenters. The van der Waals surface area contributed by atoms with Crippen molar-refractivity contribution in [2.24, 2.45) is 0 Å². The molecule has 6 aromatic carbocycles. The van der Waals surface area contributed by atoms with Gasteiger partial charge in [-0.2, -0.15) is 0 Å². The maximum atomic E-state index is 2.51. The fourth-order valence-corrected chi connectivity index (χ4v) is 11.1. The molecular formula is C53H53N. The van der Waals surface area contributed by atoms with Crippen molar-refractivity contribution < 1.29 is 0 Å². The van der Waals surface area contributed by atoms with Gasteiger partial charge < -0.3 is 4.90 Å². The van der Waals surface area contributed by atoms with Crippen molar-refractivity contribution in [3.8, 4) is 33.4 Å². The second kappa shape index (κ2) is 12.9. The van der Waals surface area contributed by atoms with Gasteiger partial charge in [0.1, 0.15) is 0 Å². The Morgan fingerprint density at radius 1 is 0.407 bits per heavy atom. The van der Waals surface area contributed by atoms with Crippen LogP contribution in [0.2, 0.25) is 0 Å². The van der Waals surface area contributed by atoms with E-state index in [4.69, 9.17) is 0 Å². The monoisotopic (exact) mass is 703 g/mol. The van der Waals surface area contributed by atoms with E-state index >= 15 is 0 Å². The summed E-state index contributed by atoms with van der Waals surface area (Å²) in [7, 11) is 0. The lowest BCUT2D eigenvalue weighted by Crippen LogP contribution is -2.18. The quantitative estimate of drug-likeness (QED) is 0.167. The lowest BCUT2D eigenvalue weighted by Gasteiger charge is -2.29. The number of hydrogen-bond acceptors (Lipinski definition) is 1. The first kappa shape index (κ1) is 33.7. The molecule has 270 valence electrons. The molecule has 1 nitrogen and oxygen atoms in total. The molecule has 1 heteroatoms. The predicted molar refractivity (Wildman–Crippen MR) is 229 cm³/mol. The zero-order valence-corrected chi connectivity index (χ0v) is 32.6. The molecule has 4 aliphatic carbocycles. The lowest BCUT2D eigenvalue weighted by molar-refractivity contribution is 0.443. The standard InChI is InChI=1S/C53H53N/c1-52(2)47-22-11-10-18-46(47)50-43(19-13-23-48(50)52)45-21-12-20-44-42-33-32-41(34-49(42)53(3,4)51(44)45)54(40-30-26-38(27-31-40)36-16-8-9-17-36)39-28-24-37(25-29-39)35-14-6-5-7-15-35/h10-13,18-36H,5-9,14-17H2,1-4H3. The van der Waals surface area contributed by atoms with Crippen molar-refractivity contribution in [3.63, 3.8) is 0 Å². The van der Waals surface area contributed by atoms with Crippen LogP contribution in [0.25, 0.3) is 33.4 Å². The Kier molecular flexibility index (Phi) is 8.02. The van der Waals surface area contributed by atoms with Crippen molar-refractivity contribution in [1.82, 2.24) is 0 Å². The molecule has 0 N–H and O–H groups in total. The molecule has 54 heavy (non-hydrogen) atoms. The van der Waals surface area contributed by atoms with Crippen LogP contribution in [0.5, 0.6) is 0 Å². The summed E-state index contributed by atoms with van der Waals surface area (Å²) in [5.41, 5.74) is 20.4. The Morgan fingerprint density at radius 3 is 1.56 bits per heavy atom. The molecule has 10 rings (SSSR count). The average Bonchev–Trinajstić information content (AvgIpc) is 3.90. The van der Waals surface area contributed by atoms with Gasteiger partial charge in [0.25, 0.3) is 0 Å². The fourth-order valence-electron chi connectivity index (χ4n) is 11.1. The van der Waals surface area contributed by atoms with E-state index in [-0.39, 0.29) is 10.8 Å². The second-order valence-electron chi connectivity index (χ2n) is 17.8. The number of hydrogen-bond donors (Lipinski definition) is 0.